The van der Waals surface area contributed by atoms with Crippen LogP contribution in [-0.4, -0.2) is 49.1 Å². The molecule has 0 spiro atoms. The Labute approximate surface area is 202 Å². The van der Waals surface area contributed by atoms with Crippen molar-refractivity contribution in [3.05, 3.63) is 68.1 Å². The molecule has 0 saturated heterocycles. The number of aryl methyl sites for hydroxylation is 1. The topological polar surface area (TPSA) is 115 Å². The summed E-state index contributed by atoms with van der Waals surface area (Å²) in [6.45, 7) is 1.61. The highest BCUT2D eigenvalue weighted by molar-refractivity contribution is 7.17. The molecular weight excluding hydrogens is 480 g/mol. The first kappa shape index (κ1) is 23.5. The number of Topliss-reactive ketones (excluding diaryl/α,β-unsaturated/α-hetero) is 1. The van der Waals surface area contributed by atoms with Gasteiger partial charge in [0.05, 0.1) is 37.5 Å². The minimum absolute atomic E-state index is 0.119. The molecule has 1 unspecified atom stereocenters. The quantitative estimate of drug-likeness (QED) is 0.381. The molecule has 1 N–H and O–H groups in total. The lowest BCUT2D eigenvalue weighted by molar-refractivity contribution is -0.117. The van der Waals surface area contributed by atoms with Gasteiger partial charge in [0.1, 0.15) is 10.9 Å². The Bertz CT molecular complexity index is 1310. The second-order valence-corrected chi connectivity index (χ2v) is 9.06. The number of aliphatic hydroxyl groups is 1. The third kappa shape index (κ3) is 3.72. The third-order valence-corrected chi connectivity index (χ3v) is 7.29. The van der Waals surface area contributed by atoms with Crippen LogP contribution in [-0.2, 0) is 9.53 Å². The number of rotatable bonds is 7. The minimum atomic E-state index is -1.08. The van der Waals surface area contributed by atoms with Gasteiger partial charge in [0.25, 0.3) is 5.91 Å². The second-order valence-electron chi connectivity index (χ2n) is 7.13. The summed E-state index contributed by atoms with van der Waals surface area (Å²) in [6.07, 6.45) is 0. The van der Waals surface area contributed by atoms with Gasteiger partial charge in [-0.3, -0.25) is 14.5 Å². The monoisotopic (exact) mass is 500 g/mol. The normalized spacial score (nSPS) is 15.6. The summed E-state index contributed by atoms with van der Waals surface area (Å²) < 4.78 is 15.8. The van der Waals surface area contributed by atoms with E-state index in [9.17, 15) is 19.5 Å². The summed E-state index contributed by atoms with van der Waals surface area (Å²) in [7, 11) is 4.16. The van der Waals surface area contributed by atoms with Gasteiger partial charge in [-0.15, -0.1) is 11.3 Å². The van der Waals surface area contributed by atoms with Crippen molar-refractivity contribution in [3.63, 3.8) is 0 Å². The Morgan fingerprint density at radius 2 is 1.88 bits per heavy atom. The number of hydrogen-bond acceptors (Lipinski definition) is 10. The fourth-order valence-corrected chi connectivity index (χ4v) is 5.45. The lowest BCUT2D eigenvalue weighted by Crippen LogP contribution is -2.31. The maximum atomic E-state index is 13.5. The molecule has 176 valence electrons. The molecule has 0 radical (unpaired) electrons. The fourth-order valence-electron chi connectivity index (χ4n) is 3.76. The molecule has 0 aliphatic carbocycles. The van der Waals surface area contributed by atoms with Crippen molar-refractivity contribution < 1.29 is 33.7 Å². The molecule has 1 aromatic carbocycles. The van der Waals surface area contributed by atoms with Gasteiger partial charge in [0.15, 0.2) is 22.4 Å². The summed E-state index contributed by atoms with van der Waals surface area (Å²) in [5.41, 5.74) is 0.645. The minimum Gasteiger partial charge on any atom is -0.503 e. The van der Waals surface area contributed by atoms with Crippen molar-refractivity contribution in [2.24, 2.45) is 0 Å². The molecule has 1 aliphatic rings. The molecule has 2 aromatic heterocycles. The smallest absolute Gasteiger partial charge is 0.350 e. The molecule has 11 heteroatoms. The molecule has 4 rings (SSSR count). The van der Waals surface area contributed by atoms with Crippen LogP contribution in [0.1, 0.15) is 36.6 Å². The number of benzene rings is 1. The van der Waals surface area contributed by atoms with Crippen LogP contribution in [0.3, 0.4) is 0 Å². The number of ether oxygens (including phenoxy) is 3. The molecule has 1 atom stereocenters. The van der Waals surface area contributed by atoms with Gasteiger partial charge < -0.3 is 19.3 Å². The number of esters is 1. The van der Waals surface area contributed by atoms with E-state index in [0.29, 0.717) is 27.6 Å². The van der Waals surface area contributed by atoms with Crippen LogP contribution in [0.15, 0.2) is 47.0 Å². The number of aliphatic hydroxyl groups excluding tert-OH is 1. The molecular formula is C23H20N2O7S2. The summed E-state index contributed by atoms with van der Waals surface area (Å²) in [4.78, 5) is 45.1. The number of carbonyl (C=O) groups is 3. The zero-order valence-electron chi connectivity index (χ0n) is 18.6. The van der Waals surface area contributed by atoms with E-state index in [4.69, 9.17) is 14.2 Å². The largest absolute Gasteiger partial charge is 0.503 e. The standard InChI is InChI=1S/C23H20N2O7S2/c1-11-20(22(29)32-4)34-23(24-11)25-16(12-7-5-8-13(30-2)19(12)31-3)15(18(27)21(25)28)17(26)14-9-6-10-33-14/h5-10,16,27H,1-4H3. The Balaban J connectivity index is 1.95. The van der Waals surface area contributed by atoms with Crippen LogP contribution < -0.4 is 14.4 Å². The average Bonchev–Trinajstić information content (AvgIpc) is 3.57. The number of anilines is 1. The van der Waals surface area contributed by atoms with E-state index in [1.165, 1.54) is 37.6 Å². The van der Waals surface area contributed by atoms with Gasteiger partial charge in [0, 0.05) is 5.56 Å². The van der Waals surface area contributed by atoms with Crippen molar-refractivity contribution in [2.75, 3.05) is 26.2 Å². The van der Waals surface area contributed by atoms with Gasteiger partial charge in [0.2, 0.25) is 5.78 Å². The number of methoxy groups -OCH3 is 3. The van der Waals surface area contributed by atoms with Crippen LogP contribution in [0.4, 0.5) is 5.13 Å². The first-order valence-corrected chi connectivity index (χ1v) is 11.6. The number of hydrogen-bond donors (Lipinski definition) is 1. The number of ketones is 1. The summed E-state index contributed by atoms with van der Waals surface area (Å²) in [5, 5.41) is 12.8. The fraction of sp³-hybridized carbons (Fsp3) is 0.217. The number of para-hydroxylation sites is 1. The van der Waals surface area contributed by atoms with Gasteiger partial charge in [-0.05, 0) is 24.4 Å². The van der Waals surface area contributed by atoms with E-state index < -0.39 is 29.5 Å². The molecule has 0 fully saturated rings. The highest BCUT2D eigenvalue weighted by Gasteiger charge is 2.47. The molecule has 0 bridgehead atoms. The van der Waals surface area contributed by atoms with Crippen LogP contribution in [0.25, 0.3) is 0 Å². The Morgan fingerprint density at radius 1 is 1.12 bits per heavy atom. The van der Waals surface area contributed by atoms with Crippen molar-refractivity contribution in [1.82, 2.24) is 4.98 Å². The summed E-state index contributed by atoms with van der Waals surface area (Å²) in [5.74, 6) is -1.94. The van der Waals surface area contributed by atoms with Crippen molar-refractivity contribution >= 4 is 45.5 Å². The average molecular weight is 501 g/mol. The van der Waals surface area contributed by atoms with E-state index in [1.807, 2.05) is 0 Å². The first-order valence-electron chi connectivity index (χ1n) is 9.95. The predicted octanol–water partition coefficient (Wildman–Crippen LogP) is 4.10. The van der Waals surface area contributed by atoms with E-state index in [0.717, 1.165) is 11.3 Å². The SMILES string of the molecule is COC(=O)c1sc(N2C(=O)C(O)=C(C(=O)c3cccs3)C2c2cccc(OC)c2OC)nc1C. The number of carbonyl (C=O) groups excluding carboxylic acids is 3. The van der Waals surface area contributed by atoms with Gasteiger partial charge in [-0.1, -0.05) is 29.5 Å². The molecule has 9 nitrogen and oxygen atoms in total. The highest BCUT2D eigenvalue weighted by atomic mass is 32.1. The maximum Gasteiger partial charge on any atom is 0.350 e. The Hall–Kier alpha value is -3.70. The van der Waals surface area contributed by atoms with Gasteiger partial charge >= 0.3 is 5.97 Å². The van der Waals surface area contributed by atoms with E-state index >= 15 is 0 Å². The number of thiazole rings is 1. The molecule has 1 aliphatic heterocycles. The number of nitrogens with zero attached hydrogens (tertiary/aromatic N) is 2. The number of amides is 1. The molecule has 1 amide bonds. The second kappa shape index (κ2) is 9.27. The first-order chi connectivity index (χ1) is 16.3. The van der Waals surface area contributed by atoms with Gasteiger partial charge in [-0.2, -0.15) is 0 Å². The number of aromatic nitrogens is 1. The van der Waals surface area contributed by atoms with E-state index in [2.05, 4.69) is 4.98 Å². The Morgan fingerprint density at radius 3 is 2.50 bits per heavy atom. The van der Waals surface area contributed by atoms with Crippen LogP contribution in [0.5, 0.6) is 11.5 Å². The lowest BCUT2D eigenvalue weighted by Gasteiger charge is -2.26. The Kier molecular flexibility index (Phi) is 6.40. The predicted molar refractivity (Wildman–Crippen MR) is 126 cm³/mol. The molecule has 3 heterocycles. The third-order valence-electron chi connectivity index (χ3n) is 5.29. The van der Waals surface area contributed by atoms with E-state index in [-0.39, 0.29) is 15.6 Å². The molecule has 0 saturated carbocycles. The van der Waals surface area contributed by atoms with Crippen LogP contribution >= 0.6 is 22.7 Å². The summed E-state index contributed by atoms with van der Waals surface area (Å²) >= 11 is 2.12. The summed E-state index contributed by atoms with van der Waals surface area (Å²) in [6, 6.07) is 7.28. The zero-order chi connectivity index (χ0) is 24.6. The van der Waals surface area contributed by atoms with Crippen molar-refractivity contribution in [1.29, 1.82) is 0 Å². The number of thiophene rings is 1. The zero-order valence-corrected chi connectivity index (χ0v) is 20.3. The molecule has 34 heavy (non-hydrogen) atoms. The highest BCUT2D eigenvalue weighted by Crippen LogP contribution is 2.48. The van der Waals surface area contributed by atoms with Crippen LogP contribution in [0.2, 0.25) is 0 Å². The van der Waals surface area contributed by atoms with Gasteiger partial charge in [-0.25, -0.2) is 9.78 Å². The lowest BCUT2D eigenvalue weighted by atomic mass is 9.94. The van der Waals surface area contributed by atoms with Crippen LogP contribution in [0, 0.1) is 6.92 Å². The van der Waals surface area contributed by atoms with E-state index in [1.54, 1.807) is 42.6 Å². The van der Waals surface area contributed by atoms with Crippen molar-refractivity contribution in [3.8, 4) is 11.5 Å². The van der Waals surface area contributed by atoms with Crippen molar-refractivity contribution in [2.45, 2.75) is 13.0 Å². The molecule has 3 aromatic rings. The maximum absolute atomic E-state index is 13.5.